The Kier molecular flexibility index (Phi) is 11.7. The number of rotatable bonds is 13. The standard InChI is InChI=1S/C22H26N2O11/c1-12(27)32-11-19(33-13(2)28)21(35-15(4)30)20(34-14(3)29)18(10-26)23-24-22(31)17-8-6-5-7-16(17)9-25/h5-10,18-21,23H,11H2,1-4H3,(H,24,31)/t18-,19+,20+,21+/m0/s1. The average molecular weight is 494 g/mol. The van der Waals surface area contributed by atoms with Crippen LogP contribution in [0.5, 0.6) is 0 Å². The summed E-state index contributed by atoms with van der Waals surface area (Å²) in [7, 11) is 0. The van der Waals surface area contributed by atoms with E-state index in [4.69, 9.17) is 18.9 Å². The molecule has 0 spiro atoms. The third kappa shape index (κ3) is 9.71. The largest absolute Gasteiger partial charge is 0.462 e. The van der Waals surface area contributed by atoms with Gasteiger partial charge in [-0.05, 0) is 6.07 Å². The predicted octanol–water partition coefficient (Wildman–Crippen LogP) is -0.341. The maximum Gasteiger partial charge on any atom is 0.303 e. The third-order valence-electron chi connectivity index (χ3n) is 4.25. The highest BCUT2D eigenvalue weighted by Crippen LogP contribution is 2.18. The quantitative estimate of drug-likeness (QED) is 0.158. The molecule has 0 saturated heterocycles. The Morgan fingerprint density at radius 1 is 0.829 bits per heavy atom. The number of aldehydes is 2. The van der Waals surface area contributed by atoms with E-state index in [1.807, 2.05) is 0 Å². The Labute approximate surface area is 200 Å². The highest BCUT2D eigenvalue weighted by Gasteiger charge is 2.42. The molecule has 0 heterocycles. The number of carbonyl (C=O) groups excluding carboxylic acids is 7. The first kappa shape index (κ1) is 28.9. The van der Waals surface area contributed by atoms with Gasteiger partial charge < -0.3 is 23.7 Å². The molecule has 2 N–H and O–H groups in total. The van der Waals surface area contributed by atoms with E-state index in [1.165, 1.54) is 18.2 Å². The van der Waals surface area contributed by atoms with Gasteiger partial charge in [-0.3, -0.25) is 34.2 Å². The summed E-state index contributed by atoms with van der Waals surface area (Å²) in [5.74, 6) is -4.22. The first-order valence-corrected chi connectivity index (χ1v) is 10.2. The fourth-order valence-corrected chi connectivity index (χ4v) is 2.91. The van der Waals surface area contributed by atoms with E-state index in [1.54, 1.807) is 6.07 Å². The van der Waals surface area contributed by atoms with Crippen LogP contribution in [0.15, 0.2) is 24.3 Å². The fraction of sp³-hybridized carbons (Fsp3) is 0.409. The summed E-state index contributed by atoms with van der Waals surface area (Å²) >= 11 is 0. The van der Waals surface area contributed by atoms with Gasteiger partial charge in [-0.1, -0.05) is 18.2 Å². The van der Waals surface area contributed by atoms with Crippen LogP contribution in [0.25, 0.3) is 0 Å². The number of esters is 4. The van der Waals surface area contributed by atoms with Crippen LogP contribution in [0.3, 0.4) is 0 Å². The zero-order valence-electron chi connectivity index (χ0n) is 19.5. The molecular formula is C22H26N2O11. The molecule has 35 heavy (non-hydrogen) atoms. The Morgan fingerprint density at radius 3 is 1.91 bits per heavy atom. The zero-order valence-corrected chi connectivity index (χ0v) is 19.5. The van der Waals surface area contributed by atoms with E-state index in [2.05, 4.69) is 10.9 Å². The maximum atomic E-state index is 12.5. The molecule has 13 nitrogen and oxygen atoms in total. The fourth-order valence-electron chi connectivity index (χ4n) is 2.91. The van der Waals surface area contributed by atoms with Crippen molar-refractivity contribution >= 4 is 42.4 Å². The van der Waals surface area contributed by atoms with Gasteiger partial charge in [-0.2, -0.15) is 0 Å². The second-order valence-corrected chi connectivity index (χ2v) is 7.06. The molecule has 0 fully saturated rings. The first-order valence-electron chi connectivity index (χ1n) is 10.2. The number of nitrogens with one attached hydrogen (secondary N) is 2. The minimum Gasteiger partial charge on any atom is -0.462 e. The number of hydrazine groups is 1. The Morgan fingerprint density at radius 2 is 1.40 bits per heavy atom. The van der Waals surface area contributed by atoms with Crippen LogP contribution in [0.4, 0.5) is 0 Å². The van der Waals surface area contributed by atoms with Crippen LogP contribution in [-0.4, -0.2) is 73.3 Å². The summed E-state index contributed by atoms with van der Waals surface area (Å²) in [5.41, 5.74) is 4.61. The molecule has 0 saturated carbocycles. The average Bonchev–Trinajstić information content (AvgIpc) is 2.79. The van der Waals surface area contributed by atoms with Crippen molar-refractivity contribution in [2.75, 3.05) is 6.61 Å². The van der Waals surface area contributed by atoms with Crippen molar-refractivity contribution in [2.24, 2.45) is 0 Å². The molecule has 13 heteroatoms. The SMILES string of the molecule is CC(=O)OC[C@@H](OC(C)=O)[C@@H](OC(C)=O)[C@H](OC(C)=O)[C@H](C=O)NNC(=O)c1ccccc1C=O. The molecule has 0 aliphatic rings. The van der Waals surface area contributed by atoms with Crippen molar-refractivity contribution in [1.82, 2.24) is 10.9 Å². The lowest BCUT2D eigenvalue weighted by Gasteiger charge is -2.34. The number of ether oxygens (including phenoxy) is 4. The summed E-state index contributed by atoms with van der Waals surface area (Å²) < 4.78 is 20.3. The molecule has 0 bridgehead atoms. The lowest BCUT2D eigenvalue weighted by atomic mass is 10.0. The van der Waals surface area contributed by atoms with Crippen LogP contribution in [0.2, 0.25) is 0 Å². The topological polar surface area (TPSA) is 180 Å². The van der Waals surface area contributed by atoms with Gasteiger partial charge in [0, 0.05) is 33.3 Å². The summed E-state index contributed by atoms with van der Waals surface area (Å²) in [4.78, 5) is 82.1. The van der Waals surface area contributed by atoms with Gasteiger partial charge in [0.1, 0.15) is 18.9 Å². The molecule has 4 atom stereocenters. The van der Waals surface area contributed by atoms with Crippen molar-refractivity contribution in [2.45, 2.75) is 52.0 Å². The molecule has 1 aromatic rings. The van der Waals surface area contributed by atoms with Crippen molar-refractivity contribution < 1.29 is 52.5 Å². The van der Waals surface area contributed by atoms with Gasteiger partial charge in [0.05, 0.1) is 5.56 Å². The Hall–Kier alpha value is -4.13. The first-order chi connectivity index (χ1) is 16.5. The minimum absolute atomic E-state index is 0.0205. The van der Waals surface area contributed by atoms with Gasteiger partial charge in [0.25, 0.3) is 5.91 Å². The van der Waals surface area contributed by atoms with Gasteiger partial charge in [-0.25, -0.2) is 5.43 Å². The van der Waals surface area contributed by atoms with Crippen molar-refractivity contribution in [1.29, 1.82) is 0 Å². The third-order valence-corrected chi connectivity index (χ3v) is 4.25. The Balaban J connectivity index is 3.29. The number of amides is 1. The summed E-state index contributed by atoms with van der Waals surface area (Å²) in [5, 5.41) is 0. The highest BCUT2D eigenvalue weighted by molar-refractivity contribution is 6.01. The summed E-state index contributed by atoms with van der Waals surface area (Å²) in [6.07, 6.45) is -4.08. The van der Waals surface area contributed by atoms with E-state index < -0.39 is 60.7 Å². The molecular weight excluding hydrogens is 468 g/mol. The molecule has 0 unspecified atom stereocenters. The van der Waals surface area contributed by atoms with E-state index in [-0.39, 0.29) is 17.4 Å². The number of carbonyl (C=O) groups is 7. The second kappa shape index (κ2) is 14.2. The van der Waals surface area contributed by atoms with Gasteiger partial charge in [-0.15, -0.1) is 0 Å². The molecule has 0 radical (unpaired) electrons. The minimum atomic E-state index is -1.66. The van der Waals surface area contributed by atoms with Crippen LogP contribution >= 0.6 is 0 Å². The van der Waals surface area contributed by atoms with Crippen LogP contribution in [0.1, 0.15) is 48.4 Å². The molecule has 0 aromatic heterocycles. The van der Waals surface area contributed by atoms with E-state index in [0.29, 0.717) is 6.29 Å². The van der Waals surface area contributed by atoms with Gasteiger partial charge in [0.15, 0.2) is 24.6 Å². The summed E-state index contributed by atoms with van der Waals surface area (Å²) in [6, 6.07) is 4.26. The Bertz CT molecular complexity index is 962. The predicted molar refractivity (Wildman–Crippen MR) is 116 cm³/mol. The lowest BCUT2D eigenvalue weighted by Crippen LogP contribution is -2.59. The van der Waals surface area contributed by atoms with Gasteiger partial charge in [0.2, 0.25) is 0 Å². The van der Waals surface area contributed by atoms with Gasteiger partial charge >= 0.3 is 23.9 Å². The molecule has 0 aliphatic carbocycles. The highest BCUT2D eigenvalue weighted by atomic mass is 16.6. The van der Waals surface area contributed by atoms with Crippen LogP contribution < -0.4 is 10.9 Å². The van der Waals surface area contributed by atoms with E-state index in [0.717, 1.165) is 27.7 Å². The molecule has 1 amide bonds. The summed E-state index contributed by atoms with van der Waals surface area (Å²) in [6.45, 7) is 3.53. The molecule has 190 valence electrons. The van der Waals surface area contributed by atoms with E-state index in [9.17, 15) is 33.6 Å². The maximum absolute atomic E-state index is 12.5. The number of hydrogen-bond donors (Lipinski definition) is 2. The smallest absolute Gasteiger partial charge is 0.303 e. The molecule has 1 rings (SSSR count). The monoisotopic (exact) mass is 494 g/mol. The van der Waals surface area contributed by atoms with Crippen LogP contribution in [-0.2, 0) is 42.9 Å². The van der Waals surface area contributed by atoms with Crippen LogP contribution in [0, 0.1) is 0 Å². The zero-order chi connectivity index (χ0) is 26.5. The second-order valence-electron chi connectivity index (χ2n) is 7.06. The number of benzene rings is 1. The lowest BCUT2D eigenvalue weighted by molar-refractivity contribution is -0.191. The normalized spacial score (nSPS) is 13.7. The van der Waals surface area contributed by atoms with Crippen molar-refractivity contribution in [3.63, 3.8) is 0 Å². The molecule has 0 aliphatic heterocycles. The van der Waals surface area contributed by atoms with E-state index >= 15 is 0 Å². The van der Waals surface area contributed by atoms with Crippen molar-refractivity contribution in [3.8, 4) is 0 Å². The van der Waals surface area contributed by atoms with Crippen molar-refractivity contribution in [3.05, 3.63) is 35.4 Å². The molecule has 1 aromatic carbocycles. The number of hydrogen-bond acceptors (Lipinski definition) is 12.